The van der Waals surface area contributed by atoms with Crippen molar-refractivity contribution in [2.75, 3.05) is 11.9 Å². The molecule has 22 heavy (non-hydrogen) atoms. The van der Waals surface area contributed by atoms with Gasteiger partial charge in [-0.3, -0.25) is 4.79 Å². The first kappa shape index (κ1) is 16.0. The Balaban J connectivity index is 2.06. The second-order valence-electron chi connectivity index (χ2n) is 4.54. The lowest BCUT2D eigenvalue weighted by molar-refractivity contribution is 0.102. The Morgan fingerprint density at radius 3 is 3.14 bits per heavy atom. The molecule has 1 amide bonds. The van der Waals surface area contributed by atoms with Crippen LogP contribution in [0.3, 0.4) is 0 Å². The van der Waals surface area contributed by atoms with Gasteiger partial charge in [-0.05, 0) is 42.0 Å². The van der Waals surface area contributed by atoms with Crippen molar-refractivity contribution in [2.45, 2.75) is 26.2 Å². The van der Waals surface area contributed by atoms with E-state index in [2.05, 4.69) is 16.4 Å². The number of nitrogens with one attached hydrogen (secondary N) is 1. The summed E-state index contributed by atoms with van der Waals surface area (Å²) in [5.41, 5.74) is 1.02. The molecule has 1 N–H and O–H groups in total. The summed E-state index contributed by atoms with van der Waals surface area (Å²) in [4.78, 5) is 17.2. The number of thiophene rings is 1. The van der Waals surface area contributed by atoms with Crippen LogP contribution >= 0.6 is 11.3 Å². The third-order valence-corrected chi connectivity index (χ3v) is 3.98. The molecule has 114 valence electrons. The predicted octanol–water partition coefficient (Wildman–Crippen LogP) is 3.64. The number of amides is 1. The second kappa shape index (κ2) is 8.15. The molecule has 0 spiro atoms. The van der Waals surface area contributed by atoms with Crippen molar-refractivity contribution < 1.29 is 9.53 Å². The van der Waals surface area contributed by atoms with Gasteiger partial charge < -0.3 is 10.1 Å². The first-order chi connectivity index (χ1) is 10.8. The molecular formula is C16H17N3O2S. The van der Waals surface area contributed by atoms with E-state index in [9.17, 15) is 4.79 Å². The average Bonchev–Trinajstić information content (AvgIpc) is 3.01. The molecule has 0 fully saturated rings. The van der Waals surface area contributed by atoms with Gasteiger partial charge in [-0.1, -0.05) is 6.92 Å². The van der Waals surface area contributed by atoms with Gasteiger partial charge in [0.1, 0.15) is 0 Å². The summed E-state index contributed by atoms with van der Waals surface area (Å²) in [7, 11) is 0. The summed E-state index contributed by atoms with van der Waals surface area (Å²) in [5.74, 6) is 0.746. The van der Waals surface area contributed by atoms with Crippen molar-refractivity contribution in [1.29, 1.82) is 5.26 Å². The maximum absolute atomic E-state index is 12.3. The first-order valence-corrected chi connectivity index (χ1v) is 7.96. The number of aromatic nitrogens is 1. The molecule has 0 atom stereocenters. The van der Waals surface area contributed by atoms with E-state index in [4.69, 9.17) is 10.00 Å². The molecule has 0 radical (unpaired) electrons. The third kappa shape index (κ3) is 4.06. The summed E-state index contributed by atoms with van der Waals surface area (Å²) < 4.78 is 5.59. The number of ether oxygens (including phenoxy) is 1. The van der Waals surface area contributed by atoms with Crippen molar-refractivity contribution in [2.24, 2.45) is 0 Å². The standard InChI is InChI=1S/C16H17N3O2S/c1-2-12-7-11-22-14(12)16(20)19-15-13(6-5-9-18-15)21-10-4-3-8-17/h5-7,9,11H,2-4,10H2,1H3,(H,18,19,20). The summed E-state index contributed by atoms with van der Waals surface area (Å²) in [6, 6.07) is 7.53. The fraction of sp³-hybridized carbons (Fsp3) is 0.312. The zero-order valence-corrected chi connectivity index (χ0v) is 13.2. The van der Waals surface area contributed by atoms with Crippen LogP contribution in [0, 0.1) is 11.3 Å². The third-order valence-electron chi connectivity index (χ3n) is 3.03. The molecule has 5 nitrogen and oxygen atoms in total. The lowest BCUT2D eigenvalue weighted by Gasteiger charge is -2.11. The minimum atomic E-state index is -0.174. The summed E-state index contributed by atoms with van der Waals surface area (Å²) >= 11 is 1.42. The maximum Gasteiger partial charge on any atom is 0.267 e. The Bertz CT molecular complexity index is 676. The number of nitrogens with zero attached hydrogens (tertiary/aromatic N) is 2. The number of carbonyl (C=O) groups excluding carboxylic acids is 1. The molecule has 2 aromatic rings. The quantitative estimate of drug-likeness (QED) is 0.791. The molecule has 0 saturated heterocycles. The molecule has 0 aliphatic rings. The molecular weight excluding hydrogens is 298 g/mol. The number of pyridine rings is 1. The van der Waals surface area contributed by atoms with E-state index in [0.29, 0.717) is 35.9 Å². The fourth-order valence-corrected chi connectivity index (χ4v) is 2.80. The molecule has 0 saturated carbocycles. The number of rotatable bonds is 7. The van der Waals surface area contributed by atoms with Crippen molar-refractivity contribution in [3.05, 3.63) is 40.2 Å². The second-order valence-corrected chi connectivity index (χ2v) is 5.46. The molecule has 0 aliphatic heterocycles. The van der Waals surface area contributed by atoms with Crippen LogP contribution in [0.25, 0.3) is 0 Å². The van der Waals surface area contributed by atoms with Gasteiger partial charge >= 0.3 is 0 Å². The van der Waals surface area contributed by atoms with E-state index in [1.807, 2.05) is 18.4 Å². The Morgan fingerprint density at radius 1 is 1.50 bits per heavy atom. The highest BCUT2D eigenvalue weighted by Crippen LogP contribution is 2.24. The summed E-state index contributed by atoms with van der Waals surface area (Å²) in [6.07, 6.45) is 3.50. The predicted molar refractivity (Wildman–Crippen MR) is 86.2 cm³/mol. The number of anilines is 1. The highest BCUT2D eigenvalue weighted by molar-refractivity contribution is 7.12. The molecule has 0 aliphatic carbocycles. The topological polar surface area (TPSA) is 75.0 Å². The van der Waals surface area contributed by atoms with Gasteiger partial charge in [-0.2, -0.15) is 5.26 Å². The molecule has 0 unspecified atom stereocenters. The number of unbranched alkanes of at least 4 members (excludes halogenated alkanes) is 1. The van der Waals surface area contributed by atoms with E-state index in [1.54, 1.807) is 18.3 Å². The maximum atomic E-state index is 12.3. The Kier molecular flexibility index (Phi) is 5.92. The van der Waals surface area contributed by atoms with Crippen LogP contribution in [-0.4, -0.2) is 17.5 Å². The monoisotopic (exact) mass is 315 g/mol. The zero-order valence-electron chi connectivity index (χ0n) is 12.3. The molecule has 2 rings (SSSR count). The normalized spacial score (nSPS) is 10.0. The van der Waals surface area contributed by atoms with E-state index in [0.717, 1.165) is 12.0 Å². The van der Waals surface area contributed by atoms with Crippen LogP contribution in [0.2, 0.25) is 0 Å². The fourth-order valence-electron chi connectivity index (χ4n) is 1.91. The van der Waals surface area contributed by atoms with E-state index in [1.165, 1.54) is 11.3 Å². The van der Waals surface area contributed by atoms with E-state index in [-0.39, 0.29) is 5.91 Å². The molecule has 2 aromatic heterocycles. The van der Waals surface area contributed by atoms with Gasteiger partial charge in [-0.15, -0.1) is 11.3 Å². The lowest BCUT2D eigenvalue weighted by atomic mass is 10.2. The molecule has 0 bridgehead atoms. The van der Waals surface area contributed by atoms with E-state index >= 15 is 0 Å². The number of aryl methyl sites for hydroxylation is 1. The highest BCUT2D eigenvalue weighted by Gasteiger charge is 2.15. The summed E-state index contributed by atoms with van der Waals surface area (Å²) in [6.45, 7) is 2.44. The first-order valence-electron chi connectivity index (χ1n) is 7.08. The zero-order chi connectivity index (χ0) is 15.8. The number of nitriles is 1. The number of hydrogen-bond donors (Lipinski definition) is 1. The van der Waals surface area contributed by atoms with Crippen LogP contribution in [0.5, 0.6) is 5.75 Å². The lowest BCUT2D eigenvalue weighted by Crippen LogP contribution is -2.14. The van der Waals surface area contributed by atoms with Gasteiger partial charge in [0.2, 0.25) is 0 Å². The largest absolute Gasteiger partial charge is 0.490 e. The molecule has 2 heterocycles. The van der Waals surface area contributed by atoms with Gasteiger partial charge in [0, 0.05) is 12.6 Å². The number of carbonyl (C=O) groups is 1. The van der Waals surface area contributed by atoms with Crippen molar-refractivity contribution in [3.8, 4) is 11.8 Å². The summed E-state index contributed by atoms with van der Waals surface area (Å²) in [5, 5.41) is 13.2. The van der Waals surface area contributed by atoms with Crippen molar-refractivity contribution >= 4 is 23.1 Å². The van der Waals surface area contributed by atoms with Gasteiger partial charge in [-0.25, -0.2) is 4.98 Å². The van der Waals surface area contributed by atoms with Crippen LogP contribution in [0.4, 0.5) is 5.82 Å². The minimum Gasteiger partial charge on any atom is -0.490 e. The Hall–Kier alpha value is -2.39. The van der Waals surface area contributed by atoms with Crippen LogP contribution < -0.4 is 10.1 Å². The molecule has 0 aromatic carbocycles. The van der Waals surface area contributed by atoms with Crippen molar-refractivity contribution in [3.63, 3.8) is 0 Å². The Morgan fingerprint density at radius 2 is 2.36 bits per heavy atom. The van der Waals surface area contributed by atoms with Gasteiger partial charge in [0.05, 0.1) is 17.6 Å². The molecule has 6 heteroatoms. The Labute approximate surface area is 133 Å². The van der Waals surface area contributed by atoms with Crippen LogP contribution in [0.15, 0.2) is 29.8 Å². The SMILES string of the molecule is CCc1ccsc1C(=O)Nc1ncccc1OCCCC#N. The average molecular weight is 315 g/mol. The van der Waals surface area contributed by atoms with Gasteiger partial charge in [0.25, 0.3) is 5.91 Å². The van der Waals surface area contributed by atoms with Gasteiger partial charge in [0.15, 0.2) is 11.6 Å². The van der Waals surface area contributed by atoms with E-state index < -0.39 is 0 Å². The smallest absolute Gasteiger partial charge is 0.267 e. The number of hydrogen-bond acceptors (Lipinski definition) is 5. The van der Waals surface area contributed by atoms with Crippen LogP contribution in [-0.2, 0) is 6.42 Å². The minimum absolute atomic E-state index is 0.174. The van der Waals surface area contributed by atoms with Crippen LogP contribution in [0.1, 0.15) is 35.0 Å². The highest BCUT2D eigenvalue weighted by atomic mass is 32.1. The van der Waals surface area contributed by atoms with Crippen molar-refractivity contribution in [1.82, 2.24) is 4.98 Å².